The highest BCUT2D eigenvalue weighted by Crippen LogP contribution is 2.50. The molecule has 0 radical (unpaired) electrons. The lowest BCUT2D eigenvalue weighted by molar-refractivity contribution is 0.506. The highest BCUT2D eigenvalue weighted by Gasteiger charge is 2.38. The first-order valence-corrected chi connectivity index (χ1v) is 9.02. The van der Waals surface area contributed by atoms with Crippen molar-refractivity contribution >= 4 is 11.3 Å². The maximum atomic E-state index is 10.8. The van der Waals surface area contributed by atoms with E-state index in [9.17, 15) is 4.21 Å². The Balaban J connectivity index is 1.62. The third-order valence-electron chi connectivity index (χ3n) is 4.43. The van der Waals surface area contributed by atoms with Crippen molar-refractivity contribution in [3.05, 3.63) is 53.9 Å². The Morgan fingerprint density at radius 2 is 2.04 bits per heavy atom. The number of hydrogen-bond donors (Lipinski definition) is 2. The molecule has 0 bridgehead atoms. The van der Waals surface area contributed by atoms with Crippen LogP contribution in [0, 0.1) is 12.8 Å². The summed E-state index contributed by atoms with van der Waals surface area (Å²) in [6.07, 6.45) is 5.85. The maximum Gasteiger partial charge on any atom is 0.231 e. The summed E-state index contributed by atoms with van der Waals surface area (Å²) in [6, 6.07) is 10.9. The quantitative estimate of drug-likeness (QED) is 0.795. The van der Waals surface area contributed by atoms with Crippen LogP contribution in [0.1, 0.15) is 36.8 Å². The summed E-state index contributed by atoms with van der Waals surface area (Å²) in [4.78, 5) is 4.25. The zero-order valence-electron chi connectivity index (χ0n) is 13.4. The van der Waals surface area contributed by atoms with Crippen LogP contribution in [0.2, 0.25) is 0 Å². The summed E-state index contributed by atoms with van der Waals surface area (Å²) < 4.78 is 22.3. The molecule has 1 saturated carbocycles. The van der Waals surface area contributed by atoms with Crippen LogP contribution in [0.4, 0.5) is 0 Å². The number of nitrogens with one attached hydrogen (secondary N) is 1. The minimum atomic E-state index is -1.92. The van der Waals surface area contributed by atoms with Crippen molar-refractivity contribution in [2.75, 3.05) is 0 Å². The van der Waals surface area contributed by atoms with E-state index in [2.05, 4.69) is 40.0 Å². The fourth-order valence-electron chi connectivity index (χ4n) is 3.23. The van der Waals surface area contributed by atoms with Crippen LogP contribution in [0.3, 0.4) is 0 Å². The smallest absolute Gasteiger partial charge is 0.231 e. The molecule has 0 aliphatic heterocycles. The molecule has 4 unspecified atom stereocenters. The highest BCUT2D eigenvalue weighted by molar-refractivity contribution is 7.77. The zero-order valence-corrected chi connectivity index (χ0v) is 14.2. The Labute approximate surface area is 139 Å². The number of benzene rings is 1. The molecular formula is C18H22N2O2S. The van der Waals surface area contributed by atoms with Crippen LogP contribution >= 0.6 is 0 Å². The van der Waals surface area contributed by atoms with Gasteiger partial charge < -0.3 is 0 Å². The van der Waals surface area contributed by atoms with Crippen LogP contribution < -0.4 is 4.72 Å². The minimum absolute atomic E-state index is 0.0634. The van der Waals surface area contributed by atoms with Gasteiger partial charge in [0.15, 0.2) is 0 Å². The molecule has 122 valence electrons. The highest BCUT2D eigenvalue weighted by atomic mass is 32.2. The Morgan fingerprint density at radius 1 is 1.30 bits per heavy atom. The van der Waals surface area contributed by atoms with Crippen LogP contribution in [0.15, 0.2) is 42.7 Å². The lowest BCUT2D eigenvalue weighted by Gasteiger charge is -2.10. The standard InChI is InChI=1S/C18H22N2O2S/c1-12-7-17(11-19-10-12)14-3-5-15(6-4-14)18-9-16(18)8-13(2)20-23(21)22/h3-7,10-11,13,16,18,20H,8-9H2,1-2H3,(H,21,22). The van der Waals surface area contributed by atoms with Crippen molar-refractivity contribution in [3.8, 4) is 11.1 Å². The maximum absolute atomic E-state index is 10.8. The molecule has 1 aromatic heterocycles. The van der Waals surface area contributed by atoms with E-state index in [0.29, 0.717) is 11.8 Å². The molecule has 2 aromatic rings. The molecular weight excluding hydrogens is 308 g/mol. The Bertz CT molecular complexity index is 702. The Hall–Kier alpha value is -1.56. The van der Waals surface area contributed by atoms with Gasteiger partial charge in [-0.1, -0.05) is 24.3 Å². The van der Waals surface area contributed by atoms with Gasteiger partial charge in [-0.3, -0.25) is 9.54 Å². The molecule has 0 saturated heterocycles. The molecule has 1 fully saturated rings. The molecule has 0 amide bonds. The topological polar surface area (TPSA) is 62.2 Å². The molecule has 1 aliphatic carbocycles. The number of pyridine rings is 1. The van der Waals surface area contributed by atoms with E-state index < -0.39 is 11.3 Å². The number of rotatable bonds is 6. The second-order valence-corrected chi connectivity index (χ2v) is 7.21. The molecule has 1 heterocycles. The molecule has 5 heteroatoms. The van der Waals surface area contributed by atoms with Gasteiger partial charge in [-0.2, -0.15) is 0 Å². The number of hydrogen-bond acceptors (Lipinski definition) is 2. The number of aromatic nitrogens is 1. The monoisotopic (exact) mass is 330 g/mol. The van der Waals surface area contributed by atoms with Gasteiger partial charge in [0.2, 0.25) is 11.3 Å². The molecule has 4 atom stereocenters. The van der Waals surface area contributed by atoms with Crippen LogP contribution in [-0.2, 0) is 11.3 Å². The summed E-state index contributed by atoms with van der Waals surface area (Å²) >= 11 is -1.92. The second kappa shape index (κ2) is 6.91. The zero-order chi connectivity index (χ0) is 16.4. The van der Waals surface area contributed by atoms with Crippen molar-refractivity contribution in [1.82, 2.24) is 9.71 Å². The first-order chi connectivity index (χ1) is 11.0. The fraction of sp³-hybridized carbons (Fsp3) is 0.389. The Morgan fingerprint density at radius 3 is 2.70 bits per heavy atom. The summed E-state index contributed by atoms with van der Waals surface area (Å²) in [5.74, 6) is 1.18. The SMILES string of the molecule is Cc1cncc(-c2ccc(C3CC3CC(C)NS(=O)O)cc2)c1. The fourth-order valence-corrected chi connectivity index (χ4v) is 3.67. The minimum Gasteiger partial charge on any atom is -0.294 e. The van der Waals surface area contributed by atoms with E-state index in [1.54, 1.807) is 0 Å². The normalized spacial score (nSPS) is 22.6. The molecule has 4 nitrogen and oxygen atoms in total. The summed E-state index contributed by atoms with van der Waals surface area (Å²) in [5, 5.41) is 0. The van der Waals surface area contributed by atoms with E-state index in [1.165, 1.54) is 11.1 Å². The van der Waals surface area contributed by atoms with Crippen LogP contribution in [-0.4, -0.2) is 19.8 Å². The van der Waals surface area contributed by atoms with Gasteiger partial charge >= 0.3 is 0 Å². The third kappa shape index (κ3) is 4.25. The number of nitrogens with zero attached hydrogens (tertiary/aromatic N) is 1. The lowest BCUT2D eigenvalue weighted by Crippen LogP contribution is -2.28. The second-order valence-electron chi connectivity index (χ2n) is 6.48. The summed E-state index contributed by atoms with van der Waals surface area (Å²) in [7, 11) is 0. The van der Waals surface area contributed by atoms with E-state index in [4.69, 9.17) is 4.55 Å². The molecule has 23 heavy (non-hydrogen) atoms. The van der Waals surface area contributed by atoms with Crippen LogP contribution in [0.25, 0.3) is 11.1 Å². The van der Waals surface area contributed by atoms with Crippen molar-refractivity contribution < 1.29 is 8.76 Å². The summed E-state index contributed by atoms with van der Waals surface area (Å²) in [6.45, 7) is 4.01. The van der Waals surface area contributed by atoms with Gasteiger partial charge in [0.05, 0.1) is 0 Å². The average Bonchev–Trinajstić information content (AvgIpc) is 3.25. The molecule has 0 spiro atoms. The first kappa shape index (κ1) is 16.3. The summed E-state index contributed by atoms with van der Waals surface area (Å²) in [5.41, 5.74) is 4.85. The van der Waals surface area contributed by atoms with E-state index in [0.717, 1.165) is 24.0 Å². The van der Waals surface area contributed by atoms with Crippen molar-refractivity contribution in [2.24, 2.45) is 5.92 Å². The molecule has 2 N–H and O–H groups in total. The van der Waals surface area contributed by atoms with Crippen molar-refractivity contribution in [2.45, 2.75) is 38.6 Å². The molecule has 1 aromatic carbocycles. The lowest BCUT2D eigenvalue weighted by atomic mass is 10.0. The third-order valence-corrected chi connectivity index (χ3v) is 5.03. The largest absolute Gasteiger partial charge is 0.294 e. The Kier molecular flexibility index (Phi) is 4.90. The van der Waals surface area contributed by atoms with Gasteiger partial charge in [0.25, 0.3) is 0 Å². The molecule has 3 rings (SSSR count). The van der Waals surface area contributed by atoms with Gasteiger partial charge in [0, 0.05) is 24.0 Å². The van der Waals surface area contributed by atoms with Gasteiger partial charge in [-0.25, -0.2) is 8.93 Å². The average molecular weight is 330 g/mol. The predicted molar refractivity (Wildman–Crippen MR) is 93.2 cm³/mol. The first-order valence-electron chi connectivity index (χ1n) is 7.92. The van der Waals surface area contributed by atoms with E-state index >= 15 is 0 Å². The number of aryl methyl sites for hydroxylation is 1. The van der Waals surface area contributed by atoms with Crippen molar-refractivity contribution in [3.63, 3.8) is 0 Å². The van der Waals surface area contributed by atoms with Gasteiger partial charge in [0.1, 0.15) is 0 Å². The molecule has 1 aliphatic rings. The van der Waals surface area contributed by atoms with E-state index in [-0.39, 0.29) is 6.04 Å². The van der Waals surface area contributed by atoms with E-state index in [1.807, 2.05) is 26.2 Å². The van der Waals surface area contributed by atoms with Crippen molar-refractivity contribution in [1.29, 1.82) is 0 Å². The van der Waals surface area contributed by atoms with Crippen LogP contribution in [0.5, 0.6) is 0 Å². The predicted octanol–water partition coefficient (Wildman–Crippen LogP) is 3.67. The van der Waals surface area contributed by atoms with Gasteiger partial charge in [-0.05, 0) is 61.3 Å². The van der Waals surface area contributed by atoms with Gasteiger partial charge in [-0.15, -0.1) is 0 Å².